The van der Waals surface area contributed by atoms with Crippen molar-refractivity contribution in [3.63, 3.8) is 0 Å². The first-order valence-electron chi connectivity index (χ1n) is 7.94. The van der Waals surface area contributed by atoms with Crippen molar-refractivity contribution in [3.8, 4) is 0 Å². The fourth-order valence-corrected chi connectivity index (χ4v) is 2.45. The van der Waals surface area contributed by atoms with Crippen molar-refractivity contribution in [1.29, 1.82) is 0 Å². The maximum atomic E-state index is 4.48. The Morgan fingerprint density at radius 3 is 2.79 bits per heavy atom. The summed E-state index contributed by atoms with van der Waals surface area (Å²) in [4.78, 5) is 8.58. The molecule has 0 aliphatic rings. The molecule has 6 nitrogen and oxygen atoms in total. The summed E-state index contributed by atoms with van der Waals surface area (Å²) >= 11 is 0. The molecule has 3 rings (SSSR count). The standard InChI is InChI=1S/C18H20N6/c1-3-15-8-4-6-13(2)17(15)23-18-22-16(12-21-24-18)20-11-14-7-5-9-19-10-14/h4-10,12H,3,11H2,1-2H3,(H2,20,22,23,24). The molecular weight excluding hydrogens is 300 g/mol. The summed E-state index contributed by atoms with van der Waals surface area (Å²) < 4.78 is 0. The van der Waals surface area contributed by atoms with E-state index in [4.69, 9.17) is 0 Å². The molecule has 0 aliphatic carbocycles. The van der Waals surface area contributed by atoms with Crippen LogP contribution in [0.1, 0.15) is 23.6 Å². The Kier molecular flexibility index (Phi) is 4.96. The van der Waals surface area contributed by atoms with E-state index in [1.165, 1.54) is 5.56 Å². The zero-order valence-electron chi connectivity index (χ0n) is 13.8. The number of hydrogen-bond acceptors (Lipinski definition) is 6. The highest BCUT2D eigenvalue weighted by Crippen LogP contribution is 2.23. The fraction of sp³-hybridized carbons (Fsp3) is 0.222. The van der Waals surface area contributed by atoms with Gasteiger partial charge < -0.3 is 10.6 Å². The van der Waals surface area contributed by atoms with Gasteiger partial charge in [-0.2, -0.15) is 10.1 Å². The van der Waals surface area contributed by atoms with E-state index in [1.807, 2.05) is 18.3 Å². The molecular formula is C18H20N6. The van der Waals surface area contributed by atoms with Crippen LogP contribution in [0.4, 0.5) is 17.5 Å². The number of benzene rings is 1. The third-order valence-corrected chi connectivity index (χ3v) is 3.73. The van der Waals surface area contributed by atoms with E-state index in [9.17, 15) is 0 Å². The fourth-order valence-electron chi connectivity index (χ4n) is 2.45. The van der Waals surface area contributed by atoms with E-state index in [-0.39, 0.29) is 0 Å². The first kappa shape index (κ1) is 15.9. The molecule has 1 aromatic carbocycles. The van der Waals surface area contributed by atoms with Gasteiger partial charge in [0, 0.05) is 24.6 Å². The van der Waals surface area contributed by atoms with Gasteiger partial charge in [0.25, 0.3) is 0 Å². The highest BCUT2D eigenvalue weighted by atomic mass is 15.3. The molecule has 2 N–H and O–H groups in total. The van der Waals surface area contributed by atoms with Crippen molar-refractivity contribution in [3.05, 3.63) is 65.6 Å². The second-order valence-electron chi connectivity index (χ2n) is 5.47. The Hall–Kier alpha value is -3.02. The average Bonchev–Trinajstić information content (AvgIpc) is 2.63. The number of anilines is 3. The summed E-state index contributed by atoms with van der Waals surface area (Å²) in [7, 11) is 0. The molecule has 3 aromatic rings. The number of para-hydroxylation sites is 1. The van der Waals surface area contributed by atoms with Crippen LogP contribution >= 0.6 is 0 Å². The maximum Gasteiger partial charge on any atom is 0.249 e. The Morgan fingerprint density at radius 2 is 2.00 bits per heavy atom. The van der Waals surface area contributed by atoms with Crippen molar-refractivity contribution in [1.82, 2.24) is 20.2 Å². The monoisotopic (exact) mass is 320 g/mol. The lowest BCUT2D eigenvalue weighted by Gasteiger charge is -2.13. The van der Waals surface area contributed by atoms with Crippen LogP contribution in [0.5, 0.6) is 0 Å². The molecule has 0 spiro atoms. The summed E-state index contributed by atoms with van der Waals surface area (Å²) in [6, 6.07) is 10.2. The van der Waals surface area contributed by atoms with Gasteiger partial charge in [-0.15, -0.1) is 5.10 Å². The van der Waals surface area contributed by atoms with Gasteiger partial charge in [-0.25, -0.2) is 0 Å². The van der Waals surface area contributed by atoms with Gasteiger partial charge >= 0.3 is 0 Å². The van der Waals surface area contributed by atoms with E-state index < -0.39 is 0 Å². The lowest BCUT2D eigenvalue weighted by molar-refractivity contribution is 0.961. The minimum absolute atomic E-state index is 0.482. The molecule has 0 fully saturated rings. The predicted octanol–water partition coefficient (Wildman–Crippen LogP) is 3.49. The minimum Gasteiger partial charge on any atom is -0.364 e. The molecule has 0 saturated carbocycles. The molecule has 0 unspecified atom stereocenters. The number of aromatic nitrogens is 4. The quantitative estimate of drug-likeness (QED) is 0.724. The molecule has 2 aromatic heterocycles. The Morgan fingerprint density at radius 1 is 1.08 bits per heavy atom. The van der Waals surface area contributed by atoms with Crippen LogP contribution in [0.15, 0.2) is 48.9 Å². The molecule has 0 amide bonds. The molecule has 24 heavy (non-hydrogen) atoms. The lowest BCUT2D eigenvalue weighted by Crippen LogP contribution is -2.07. The third kappa shape index (κ3) is 3.84. The third-order valence-electron chi connectivity index (χ3n) is 3.73. The summed E-state index contributed by atoms with van der Waals surface area (Å²) in [5.41, 5.74) is 4.52. The van der Waals surface area contributed by atoms with Crippen LogP contribution in [-0.4, -0.2) is 20.2 Å². The largest absolute Gasteiger partial charge is 0.364 e. The molecule has 2 heterocycles. The Bertz CT molecular complexity index is 804. The molecule has 0 aliphatic heterocycles. The minimum atomic E-state index is 0.482. The Labute approximate surface area is 141 Å². The van der Waals surface area contributed by atoms with Gasteiger partial charge in [-0.3, -0.25) is 4.98 Å². The van der Waals surface area contributed by atoms with Crippen molar-refractivity contribution in [2.24, 2.45) is 0 Å². The number of pyridine rings is 1. The zero-order chi connectivity index (χ0) is 16.8. The van der Waals surface area contributed by atoms with E-state index in [2.05, 4.69) is 62.8 Å². The van der Waals surface area contributed by atoms with E-state index in [0.717, 1.165) is 23.2 Å². The number of rotatable bonds is 6. The van der Waals surface area contributed by atoms with Gasteiger partial charge in [0.05, 0.1) is 6.20 Å². The van der Waals surface area contributed by atoms with Crippen molar-refractivity contribution >= 4 is 17.5 Å². The van der Waals surface area contributed by atoms with Crippen LogP contribution in [0.3, 0.4) is 0 Å². The molecule has 0 atom stereocenters. The predicted molar refractivity (Wildman–Crippen MR) is 95.2 cm³/mol. The second kappa shape index (κ2) is 7.50. The van der Waals surface area contributed by atoms with Crippen LogP contribution in [0.25, 0.3) is 0 Å². The topological polar surface area (TPSA) is 75.6 Å². The first-order valence-corrected chi connectivity index (χ1v) is 7.94. The van der Waals surface area contributed by atoms with Crippen LogP contribution < -0.4 is 10.6 Å². The number of nitrogens with zero attached hydrogens (tertiary/aromatic N) is 4. The molecule has 0 saturated heterocycles. The Balaban J connectivity index is 1.74. The number of nitrogens with one attached hydrogen (secondary N) is 2. The zero-order valence-corrected chi connectivity index (χ0v) is 13.8. The molecule has 6 heteroatoms. The average molecular weight is 320 g/mol. The maximum absolute atomic E-state index is 4.48. The SMILES string of the molecule is CCc1cccc(C)c1Nc1nncc(NCc2cccnc2)n1. The summed E-state index contributed by atoms with van der Waals surface area (Å²) in [5.74, 6) is 1.15. The van der Waals surface area contributed by atoms with Crippen molar-refractivity contribution in [2.45, 2.75) is 26.8 Å². The van der Waals surface area contributed by atoms with Gasteiger partial charge in [0.2, 0.25) is 5.95 Å². The number of aryl methyl sites for hydroxylation is 2. The van der Waals surface area contributed by atoms with Gasteiger partial charge in [-0.1, -0.05) is 31.2 Å². The first-order chi connectivity index (χ1) is 11.8. The summed E-state index contributed by atoms with van der Waals surface area (Å²) in [6.45, 7) is 4.83. The molecule has 0 radical (unpaired) electrons. The highest BCUT2D eigenvalue weighted by molar-refractivity contribution is 5.63. The van der Waals surface area contributed by atoms with Crippen LogP contribution in [0, 0.1) is 6.92 Å². The van der Waals surface area contributed by atoms with Crippen LogP contribution in [-0.2, 0) is 13.0 Å². The van der Waals surface area contributed by atoms with Crippen molar-refractivity contribution < 1.29 is 0 Å². The second-order valence-corrected chi connectivity index (χ2v) is 5.47. The number of hydrogen-bond donors (Lipinski definition) is 2. The van der Waals surface area contributed by atoms with Gasteiger partial charge in [0.1, 0.15) is 0 Å². The molecule has 122 valence electrons. The van der Waals surface area contributed by atoms with E-state index in [1.54, 1.807) is 12.4 Å². The van der Waals surface area contributed by atoms with E-state index >= 15 is 0 Å². The highest BCUT2D eigenvalue weighted by Gasteiger charge is 2.07. The van der Waals surface area contributed by atoms with Crippen molar-refractivity contribution in [2.75, 3.05) is 10.6 Å². The summed E-state index contributed by atoms with van der Waals surface area (Å²) in [6.07, 6.45) is 6.13. The van der Waals surface area contributed by atoms with Gasteiger partial charge in [-0.05, 0) is 36.1 Å². The van der Waals surface area contributed by atoms with Gasteiger partial charge in [0.15, 0.2) is 5.82 Å². The molecule has 0 bridgehead atoms. The smallest absolute Gasteiger partial charge is 0.249 e. The lowest BCUT2D eigenvalue weighted by atomic mass is 10.1. The summed E-state index contributed by atoms with van der Waals surface area (Å²) in [5, 5.41) is 14.6. The van der Waals surface area contributed by atoms with Crippen LogP contribution in [0.2, 0.25) is 0 Å². The van der Waals surface area contributed by atoms with E-state index in [0.29, 0.717) is 18.3 Å². The normalized spacial score (nSPS) is 10.4.